The van der Waals surface area contributed by atoms with Gasteiger partial charge in [0.15, 0.2) is 5.69 Å². The number of hydrogen-bond acceptors (Lipinski definition) is 5. The van der Waals surface area contributed by atoms with Crippen molar-refractivity contribution in [3.8, 4) is 0 Å². The van der Waals surface area contributed by atoms with Crippen LogP contribution in [0.15, 0.2) is 30.5 Å². The van der Waals surface area contributed by atoms with E-state index in [0.29, 0.717) is 38.4 Å². The number of aromatic nitrogens is 2. The lowest BCUT2D eigenvalue weighted by Gasteiger charge is -2.39. The largest absolute Gasteiger partial charge is 0.476 e. The molecular weight excluding hydrogens is 451 g/mol. The van der Waals surface area contributed by atoms with E-state index in [-0.39, 0.29) is 11.7 Å². The number of amides is 1. The molecule has 8 nitrogen and oxygen atoms in total. The fraction of sp³-hybridized carbons (Fsp3) is 0.522. The molecule has 4 rings (SSSR count). The molecule has 2 aliphatic rings. The van der Waals surface area contributed by atoms with Gasteiger partial charge >= 0.3 is 18.2 Å². The highest BCUT2D eigenvalue weighted by atomic mass is 19.4. The quantitative estimate of drug-likeness (QED) is 0.719. The SMILES string of the molecule is C[C@H]1CCCCN1c1cc(C(F)(F)F)ccc1CN1CCN(C(=O)n2ccc(C(=O)O)n2)CC1. The van der Waals surface area contributed by atoms with Crippen LogP contribution < -0.4 is 4.90 Å². The van der Waals surface area contributed by atoms with Crippen molar-refractivity contribution < 1.29 is 27.9 Å². The first-order valence-electron chi connectivity index (χ1n) is 11.4. The molecule has 0 spiro atoms. The number of halogens is 3. The monoisotopic (exact) mass is 479 g/mol. The Balaban J connectivity index is 1.45. The lowest BCUT2D eigenvalue weighted by Crippen LogP contribution is -2.49. The number of carbonyl (C=O) groups excluding carboxylic acids is 1. The molecule has 0 saturated carbocycles. The number of nitrogens with zero attached hydrogens (tertiary/aromatic N) is 5. The molecule has 184 valence electrons. The average Bonchev–Trinajstić information content (AvgIpc) is 3.30. The van der Waals surface area contributed by atoms with Gasteiger partial charge in [-0.3, -0.25) is 4.90 Å². The number of anilines is 1. The van der Waals surface area contributed by atoms with Gasteiger partial charge in [0, 0.05) is 57.2 Å². The second-order valence-electron chi connectivity index (χ2n) is 8.88. The zero-order valence-corrected chi connectivity index (χ0v) is 19.0. The predicted octanol–water partition coefficient (Wildman–Crippen LogP) is 3.76. The van der Waals surface area contributed by atoms with Crippen molar-refractivity contribution in [1.29, 1.82) is 0 Å². The van der Waals surface area contributed by atoms with Crippen molar-refractivity contribution in [3.63, 3.8) is 0 Å². The van der Waals surface area contributed by atoms with Crippen molar-refractivity contribution in [3.05, 3.63) is 47.3 Å². The van der Waals surface area contributed by atoms with Crippen LogP contribution in [0.5, 0.6) is 0 Å². The van der Waals surface area contributed by atoms with Gasteiger partial charge in [-0.05, 0) is 49.9 Å². The highest BCUT2D eigenvalue weighted by Crippen LogP contribution is 2.36. The maximum Gasteiger partial charge on any atom is 0.416 e. The first-order valence-corrected chi connectivity index (χ1v) is 11.4. The molecule has 2 saturated heterocycles. The summed E-state index contributed by atoms with van der Waals surface area (Å²) < 4.78 is 41.3. The van der Waals surface area contributed by atoms with Crippen LogP contribution in [0.25, 0.3) is 0 Å². The third kappa shape index (κ3) is 5.19. The molecule has 0 aliphatic carbocycles. The molecular formula is C23H28F3N5O3. The van der Waals surface area contributed by atoms with E-state index in [0.717, 1.165) is 42.1 Å². The Morgan fingerprint density at radius 2 is 1.82 bits per heavy atom. The summed E-state index contributed by atoms with van der Waals surface area (Å²) >= 11 is 0. The minimum absolute atomic E-state index is 0.176. The topological polar surface area (TPSA) is 81.9 Å². The van der Waals surface area contributed by atoms with Crippen molar-refractivity contribution in [2.24, 2.45) is 0 Å². The zero-order chi connectivity index (χ0) is 24.5. The van der Waals surface area contributed by atoms with Gasteiger partial charge in [0.25, 0.3) is 0 Å². The summed E-state index contributed by atoms with van der Waals surface area (Å²) in [5.74, 6) is -1.20. The number of carboxylic acid groups (broad SMARTS) is 1. The lowest BCUT2D eigenvalue weighted by molar-refractivity contribution is -0.137. The molecule has 1 aromatic carbocycles. The molecule has 1 amide bonds. The third-order valence-corrected chi connectivity index (χ3v) is 6.57. The average molecular weight is 480 g/mol. The standard InChI is InChI=1S/C23H28F3N5O3/c1-16-4-2-3-8-30(16)20-14-18(23(24,25)26)6-5-17(20)15-28-10-12-29(13-11-28)22(34)31-9-7-19(27-31)21(32)33/h5-7,9,14,16H,2-4,8,10-13,15H2,1H3,(H,32,33)/t16-/m0/s1. The van der Waals surface area contributed by atoms with Gasteiger partial charge in [-0.2, -0.15) is 23.0 Å². The number of carbonyl (C=O) groups is 2. The molecule has 1 aromatic heterocycles. The van der Waals surface area contributed by atoms with E-state index < -0.39 is 23.7 Å². The smallest absolute Gasteiger partial charge is 0.416 e. The summed E-state index contributed by atoms with van der Waals surface area (Å²) in [4.78, 5) is 29.4. The van der Waals surface area contributed by atoms with Crippen LogP contribution in [0.2, 0.25) is 0 Å². The van der Waals surface area contributed by atoms with E-state index in [1.54, 1.807) is 11.0 Å². The molecule has 2 fully saturated rings. The Bertz CT molecular complexity index is 1050. The van der Waals surface area contributed by atoms with E-state index in [9.17, 15) is 22.8 Å². The van der Waals surface area contributed by atoms with Gasteiger partial charge < -0.3 is 14.9 Å². The minimum atomic E-state index is -4.40. The van der Waals surface area contributed by atoms with E-state index in [2.05, 4.69) is 21.8 Å². The lowest BCUT2D eigenvalue weighted by atomic mass is 9.99. The third-order valence-electron chi connectivity index (χ3n) is 6.57. The zero-order valence-electron chi connectivity index (χ0n) is 19.0. The number of piperidine rings is 1. The van der Waals surface area contributed by atoms with Gasteiger partial charge in [-0.15, -0.1) is 0 Å². The van der Waals surface area contributed by atoms with E-state index >= 15 is 0 Å². The van der Waals surface area contributed by atoms with E-state index in [1.165, 1.54) is 18.3 Å². The normalized spacial score (nSPS) is 19.9. The fourth-order valence-electron chi connectivity index (χ4n) is 4.62. The van der Waals surface area contributed by atoms with Crippen LogP contribution in [0.4, 0.5) is 23.7 Å². The Morgan fingerprint density at radius 3 is 2.44 bits per heavy atom. The summed E-state index contributed by atoms with van der Waals surface area (Å²) in [6.45, 7) is 5.21. The van der Waals surface area contributed by atoms with Crippen LogP contribution in [0.3, 0.4) is 0 Å². The van der Waals surface area contributed by atoms with Crippen molar-refractivity contribution in [2.45, 2.75) is 44.9 Å². The molecule has 1 atom stereocenters. The van der Waals surface area contributed by atoms with Gasteiger partial charge in [0.05, 0.1) is 5.56 Å². The fourth-order valence-corrected chi connectivity index (χ4v) is 4.62. The van der Waals surface area contributed by atoms with Crippen LogP contribution >= 0.6 is 0 Å². The number of rotatable bonds is 4. The number of hydrogen-bond donors (Lipinski definition) is 1. The van der Waals surface area contributed by atoms with Gasteiger partial charge in [-0.25, -0.2) is 9.59 Å². The first kappa shape index (κ1) is 24.1. The Morgan fingerprint density at radius 1 is 1.09 bits per heavy atom. The Hall–Kier alpha value is -3.08. The van der Waals surface area contributed by atoms with Gasteiger partial charge in [0.1, 0.15) is 0 Å². The Kier molecular flexibility index (Phi) is 6.83. The second kappa shape index (κ2) is 9.65. The summed E-state index contributed by atoms with van der Waals surface area (Å²) in [5, 5.41) is 12.8. The highest BCUT2D eigenvalue weighted by molar-refractivity contribution is 5.86. The van der Waals surface area contributed by atoms with Crippen molar-refractivity contribution in [2.75, 3.05) is 37.6 Å². The van der Waals surface area contributed by atoms with Crippen molar-refractivity contribution in [1.82, 2.24) is 19.6 Å². The van der Waals surface area contributed by atoms with Gasteiger partial charge in [0.2, 0.25) is 0 Å². The van der Waals surface area contributed by atoms with Crippen LogP contribution in [-0.2, 0) is 12.7 Å². The van der Waals surface area contributed by atoms with Crippen LogP contribution in [0, 0.1) is 0 Å². The maximum absolute atomic E-state index is 13.4. The number of carboxylic acids is 1. The molecule has 2 aliphatic heterocycles. The second-order valence-corrected chi connectivity index (χ2v) is 8.88. The minimum Gasteiger partial charge on any atom is -0.476 e. The number of piperazine rings is 1. The summed E-state index contributed by atoms with van der Waals surface area (Å²) in [7, 11) is 0. The molecule has 2 aromatic rings. The summed E-state index contributed by atoms with van der Waals surface area (Å²) in [5.41, 5.74) is 0.645. The maximum atomic E-state index is 13.4. The van der Waals surface area contributed by atoms with Crippen LogP contribution in [0.1, 0.15) is 47.8 Å². The highest BCUT2D eigenvalue weighted by Gasteiger charge is 2.33. The summed E-state index contributed by atoms with van der Waals surface area (Å²) in [6.07, 6.45) is -0.0881. The number of benzene rings is 1. The van der Waals surface area contributed by atoms with E-state index in [4.69, 9.17) is 5.11 Å². The Labute approximate surface area is 195 Å². The number of alkyl halides is 3. The molecule has 0 unspecified atom stereocenters. The van der Waals surface area contributed by atoms with Crippen molar-refractivity contribution >= 4 is 17.7 Å². The summed E-state index contributed by atoms with van der Waals surface area (Å²) in [6, 6.07) is 5.04. The van der Waals surface area contributed by atoms with E-state index in [1.807, 2.05) is 0 Å². The molecule has 0 radical (unpaired) electrons. The molecule has 1 N–H and O–H groups in total. The van der Waals surface area contributed by atoms with Gasteiger partial charge in [-0.1, -0.05) is 6.07 Å². The molecule has 3 heterocycles. The number of aromatic carboxylic acids is 1. The molecule has 0 bridgehead atoms. The molecule has 34 heavy (non-hydrogen) atoms. The first-order chi connectivity index (χ1) is 16.1. The van der Waals surface area contributed by atoms with Crippen LogP contribution in [-0.4, -0.2) is 75.5 Å². The molecule has 11 heteroatoms. The predicted molar refractivity (Wildman–Crippen MR) is 119 cm³/mol.